The van der Waals surface area contributed by atoms with Gasteiger partial charge in [0.1, 0.15) is 0 Å². The van der Waals surface area contributed by atoms with E-state index in [1.165, 1.54) is 0 Å². The van der Waals surface area contributed by atoms with E-state index in [9.17, 15) is 4.79 Å². The van der Waals surface area contributed by atoms with Crippen LogP contribution in [0.15, 0.2) is 24.3 Å². The van der Waals surface area contributed by atoms with Crippen LogP contribution in [0.1, 0.15) is 22.3 Å². The van der Waals surface area contributed by atoms with E-state index in [1.807, 2.05) is 38.1 Å². The summed E-state index contributed by atoms with van der Waals surface area (Å²) in [6.07, 6.45) is 0. The molecule has 1 amide bonds. The van der Waals surface area contributed by atoms with Gasteiger partial charge in [-0.1, -0.05) is 29.0 Å². The minimum Gasteiger partial charge on any atom is -0.374 e. The maximum atomic E-state index is 12.3. The molecule has 0 bridgehead atoms. The number of carbonyl (C=O) groups excluding carboxylic acids is 1. The summed E-state index contributed by atoms with van der Waals surface area (Å²) in [5, 5.41) is 8.06. The van der Waals surface area contributed by atoms with Crippen molar-refractivity contribution in [3.05, 3.63) is 34.8 Å². The Kier molecular flexibility index (Phi) is 3.57. The zero-order valence-corrected chi connectivity index (χ0v) is 11.1. The largest absolute Gasteiger partial charge is 0.374 e. The Morgan fingerprint density at radius 2 is 2.00 bits per heavy atom. The molecule has 1 heterocycles. The van der Waals surface area contributed by atoms with Gasteiger partial charge in [0, 0.05) is 12.2 Å². The monoisotopic (exact) mass is 262 g/mol. The summed E-state index contributed by atoms with van der Waals surface area (Å²) in [6.45, 7) is 4.50. The Morgan fingerprint density at radius 3 is 2.50 bits per heavy atom. The SMILES string of the molecule is CCN(C(=O)c1nnc(N)s1)c1ccc(C)cc1. The first-order valence-corrected chi connectivity index (χ1v) is 6.41. The molecule has 0 saturated carbocycles. The van der Waals surface area contributed by atoms with Crippen molar-refractivity contribution in [2.24, 2.45) is 0 Å². The summed E-state index contributed by atoms with van der Waals surface area (Å²) in [5.74, 6) is -0.171. The summed E-state index contributed by atoms with van der Waals surface area (Å²) >= 11 is 1.10. The van der Waals surface area contributed by atoms with E-state index < -0.39 is 0 Å². The van der Waals surface area contributed by atoms with Gasteiger partial charge in [0.25, 0.3) is 5.91 Å². The van der Waals surface area contributed by atoms with Crippen LogP contribution < -0.4 is 10.6 Å². The molecule has 0 fully saturated rings. The molecular formula is C12H14N4OS. The van der Waals surface area contributed by atoms with Crippen molar-refractivity contribution in [3.8, 4) is 0 Å². The third-order valence-corrected chi connectivity index (χ3v) is 3.27. The Hall–Kier alpha value is -1.95. The van der Waals surface area contributed by atoms with Gasteiger partial charge in [-0.2, -0.15) is 0 Å². The molecule has 2 aromatic rings. The molecule has 0 unspecified atom stereocenters. The molecular weight excluding hydrogens is 248 g/mol. The van der Waals surface area contributed by atoms with Gasteiger partial charge in [0.15, 0.2) is 0 Å². The number of nitrogen functional groups attached to an aromatic ring is 1. The maximum absolute atomic E-state index is 12.3. The van der Waals surface area contributed by atoms with Gasteiger partial charge in [0.2, 0.25) is 10.1 Å². The van der Waals surface area contributed by atoms with E-state index in [0.717, 1.165) is 22.6 Å². The predicted octanol–water partition coefficient (Wildman–Crippen LogP) is 2.10. The van der Waals surface area contributed by atoms with E-state index in [1.54, 1.807) is 4.90 Å². The highest BCUT2D eigenvalue weighted by Crippen LogP contribution is 2.20. The van der Waals surface area contributed by atoms with Gasteiger partial charge in [-0.25, -0.2) is 0 Å². The van der Waals surface area contributed by atoms with Crippen LogP contribution in [-0.4, -0.2) is 22.6 Å². The highest BCUT2D eigenvalue weighted by Gasteiger charge is 2.19. The second-order valence-electron chi connectivity index (χ2n) is 3.83. The Morgan fingerprint density at radius 1 is 1.33 bits per heavy atom. The maximum Gasteiger partial charge on any atom is 0.289 e. The lowest BCUT2D eigenvalue weighted by molar-refractivity contribution is 0.0987. The van der Waals surface area contributed by atoms with Crippen molar-refractivity contribution >= 4 is 28.1 Å². The van der Waals surface area contributed by atoms with Crippen LogP contribution in [0.4, 0.5) is 10.8 Å². The van der Waals surface area contributed by atoms with Crippen LogP contribution in [0.25, 0.3) is 0 Å². The molecule has 6 heteroatoms. The number of carbonyl (C=O) groups is 1. The number of aromatic nitrogens is 2. The molecule has 2 rings (SSSR count). The lowest BCUT2D eigenvalue weighted by Gasteiger charge is -2.19. The molecule has 0 atom stereocenters. The van der Waals surface area contributed by atoms with Gasteiger partial charge >= 0.3 is 0 Å². The third-order valence-electron chi connectivity index (χ3n) is 2.53. The second-order valence-corrected chi connectivity index (χ2v) is 4.84. The molecule has 2 N–H and O–H groups in total. The van der Waals surface area contributed by atoms with Crippen LogP contribution in [-0.2, 0) is 0 Å². The summed E-state index contributed by atoms with van der Waals surface area (Å²) in [6, 6.07) is 7.78. The Bertz CT molecular complexity index is 549. The van der Waals surface area contributed by atoms with Crippen molar-refractivity contribution in [1.29, 1.82) is 0 Å². The lowest BCUT2D eigenvalue weighted by atomic mass is 10.2. The third kappa shape index (κ3) is 2.48. The topological polar surface area (TPSA) is 72.1 Å². The number of nitrogens with zero attached hydrogens (tertiary/aromatic N) is 3. The lowest BCUT2D eigenvalue weighted by Crippen LogP contribution is -2.30. The first-order chi connectivity index (χ1) is 8.61. The average Bonchev–Trinajstić information content (AvgIpc) is 2.79. The summed E-state index contributed by atoms with van der Waals surface area (Å²) in [4.78, 5) is 13.9. The molecule has 0 radical (unpaired) electrons. The number of anilines is 2. The number of hydrogen-bond donors (Lipinski definition) is 1. The molecule has 1 aromatic carbocycles. The zero-order valence-electron chi connectivity index (χ0n) is 10.3. The van der Waals surface area contributed by atoms with Crippen molar-refractivity contribution < 1.29 is 4.79 Å². The number of hydrogen-bond acceptors (Lipinski definition) is 5. The molecule has 0 aliphatic rings. The molecule has 5 nitrogen and oxygen atoms in total. The number of amides is 1. The highest BCUT2D eigenvalue weighted by molar-refractivity contribution is 7.17. The minimum absolute atomic E-state index is 0.171. The van der Waals surface area contributed by atoms with Crippen LogP contribution in [0.3, 0.4) is 0 Å². The van der Waals surface area contributed by atoms with Crippen molar-refractivity contribution in [3.63, 3.8) is 0 Å². The quantitative estimate of drug-likeness (QED) is 0.919. The van der Waals surface area contributed by atoms with E-state index >= 15 is 0 Å². The van der Waals surface area contributed by atoms with E-state index in [4.69, 9.17) is 5.73 Å². The predicted molar refractivity (Wildman–Crippen MR) is 72.9 cm³/mol. The van der Waals surface area contributed by atoms with E-state index in [-0.39, 0.29) is 5.91 Å². The van der Waals surface area contributed by atoms with Crippen molar-refractivity contribution in [1.82, 2.24) is 10.2 Å². The van der Waals surface area contributed by atoms with Gasteiger partial charge < -0.3 is 10.6 Å². The first kappa shape index (κ1) is 12.5. The van der Waals surface area contributed by atoms with Crippen LogP contribution in [0.2, 0.25) is 0 Å². The van der Waals surface area contributed by atoms with Crippen molar-refractivity contribution in [2.45, 2.75) is 13.8 Å². The molecule has 94 valence electrons. The summed E-state index contributed by atoms with van der Waals surface area (Å²) < 4.78 is 0. The molecule has 18 heavy (non-hydrogen) atoms. The normalized spacial score (nSPS) is 10.3. The number of rotatable bonds is 3. The van der Waals surface area contributed by atoms with E-state index in [2.05, 4.69) is 10.2 Å². The molecule has 0 aliphatic carbocycles. The fraction of sp³-hybridized carbons (Fsp3) is 0.250. The average molecular weight is 262 g/mol. The molecule has 0 saturated heterocycles. The zero-order chi connectivity index (χ0) is 13.1. The number of benzene rings is 1. The first-order valence-electron chi connectivity index (χ1n) is 5.59. The van der Waals surface area contributed by atoms with Gasteiger partial charge in [-0.05, 0) is 26.0 Å². The van der Waals surface area contributed by atoms with Crippen LogP contribution in [0, 0.1) is 6.92 Å². The van der Waals surface area contributed by atoms with Crippen molar-refractivity contribution in [2.75, 3.05) is 17.2 Å². The summed E-state index contributed by atoms with van der Waals surface area (Å²) in [7, 11) is 0. The van der Waals surface area contributed by atoms with E-state index in [0.29, 0.717) is 16.7 Å². The molecule has 1 aromatic heterocycles. The second kappa shape index (κ2) is 5.14. The smallest absolute Gasteiger partial charge is 0.289 e. The molecule has 0 aliphatic heterocycles. The van der Waals surface area contributed by atoms with Gasteiger partial charge in [-0.3, -0.25) is 4.79 Å². The fourth-order valence-corrected chi connectivity index (χ4v) is 2.16. The highest BCUT2D eigenvalue weighted by atomic mass is 32.1. The Balaban J connectivity index is 2.28. The summed E-state index contributed by atoms with van der Waals surface area (Å²) in [5.41, 5.74) is 7.49. The van der Waals surface area contributed by atoms with Gasteiger partial charge in [-0.15, -0.1) is 10.2 Å². The molecule has 0 spiro atoms. The van der Waals surface area contributed by atoms with Crippen LogP contribution >= 0.6 is 11.3 Å². The van der Waals surface area contributed by atoms with Gasteiger partial charge in [0.05, 0.1) is 0 Å². The number of nitrogens with two attached hydrogens (primary N) is 1. The van der Waals surface area contributed by atoms with Crippen LogP contribution in [0.5, 0.6) is 0 Å². The number of aryl methyl sites for hydroxylation is 1. The standard InChI is InChI=1S/C12H14N4OS/c1-3-16(9-6-4-8(2)5-7-9)11(17)10-14-15-12(13)18-10/h4-7H,3H2,1-2H3,(H2,13,15). The minimum atomic E-state index is -0.171. The fourth-order valence-electron chi connectivity index (χ4n) is 1.60. The Labute approximate surface area is 109 Å².